The van der Waals surface area contributed by atoms with Crippen molar-refractivity contribution in [3.63, 3.8) is 0 Å². The molecule has 0 amide bonds. The molecule has 0 fully saturated rings. The van der Waals surface area contributed by atoms with Gasteiger partial charge in [-0.1, -0.05) is 10.7 Å². The smallest absolute Gasteiger partial charge is 0.205 e. The van der Waals surface area contributed by atoms with E-state index in [1.165, 1.54) is 0 Å². The van der Waals surface area contributed by atoms with E-state index in [0.29, 0.717) is 0 Å². The van der Waals surface area contributed by atoms with Gasteiger partial charge in [0.2, 0.25) is 0 Å². The second-order valence-electron chi connectivity index (χ2n) is 3.03. The van der Waals surface area contributed by atoms with Crippen LogP contribution in [0.25, 0.3) is 0 Å². The third-order valence-corrected chi connectivity index (χ3v) is 4.86. The zero-order valence-electron chi connectivity index (χ0n) is 8.68. The summed E-state index contributed by atoms with van der Waals surface area (Å²) in [5.74, 6) is -9.35. The first-order valence-electron chi connectivity index (χ1n) is 3.85. The molecule has 5 nitrogen and oxygen atoms in total. The number of alkyl halides is 7. The SMILES string of the molecule is C=C(F)C(F)(F)C(F)(F)S(=O)(=O)NS(=O)(=O)C(F)(F)F. The molecule has 0 heterocycles. The summed E-state index contributed by atoms with van der Waals surface area (Å²) >= 11 is 0. The first kappa shape index (κ1) is 19.0. The van der Waals surface area contributed by atoms with E-state index in [-0.39, 0.29) is 0 Å². The molecule has 0 aliphatic carbocycles. The Morgan fingerprint density at radius 1 is 0.850 bits per heavy atom. The fourth-order valence-electron chi connectivity index (χ4n) is 0.571. The Bertz CT molecular complexity index is 603. The van der Waals surface area contributed by atoms with Gasteiger partial charge in [-0.2, -0.15) is 30.7 Å². The molecule has 0 aliphatic rings. The van der Waals surface area contributed by atoms with Gasteiger partial charge < -0.3 is 0 Å². The lowest BCUT2D eigenvalue weighted by Gasteiger charge is -2.24. The van der Waals surface area contributed by atoms with E-state index < -0.39 is 46.7 Å². The Hall–Kier alpha value is -0.960. The first-order valence-corrected chi connectivity index (χ1v) is 6.81. The van der Waals surface area contributed by atoms with Gasteiger partial charge in [0, 0.05) is 0 Å². The van der Waals surface area contributed by atoms with E-state index in [4.69, 9.17) is 0 Å². The fraction of sp³-hybridized carbons (Fsp3) is 0.600. The Morgan fingerprint density at radius 3 is 1.45 bits per heavy atom. The van der Waals surface area contributed by atoms with Crippen LogP contribution in [-0.2, 0) is 20.0 Å². The van der Waals surface area contributed by atoms with Crippen LogP contribution in [0.4, 0.5) is 35.1 Å². The van der Waals surface area contributed by atoms with Crippen LogP contribution in [0.1, 0.15) is 0 Å². The number of nitrogens with one attached hydrogen (secondary N) is 1. The van der Waals surface area contributed by atoms with Crippen LogP contribution in [-0.4, -0.2) is 33.5 Å². The molecule has 0 aliphatic heterocycles. The van der Waals surface area contributed by atoms with Gasteiger partial charge in [0.15, 0.2) is 5.83 Å². The third-order valence-electron chi connectivity index (χ3n) is 1.57. The van der Waals surface area contributed by atoms with Crippen LogP contribution in [0, 0.1) is 0 Å². The number of hydrogen-bond acceptors (Lipinski definition) is 4. The lowest BCUT2D eigenvalue weighted by Crippen LogP contribution is -2.55. The zero-order chi connectivity index (χ0) is 16.8. The van der Waals surface area contributed by atoms with Gasteiger partial charge in [-0.25, -0.2) is 21.2 Å². The minimum atomic E-state index is -7.15. The van der Waals surface area contributed by atoms with E-state index in [2.05, 4.69) is 0 Å². The molecule has 0 rings (SSSR count). The van der Waals surface area contributed by atoms with Gasteiger partial charge in [-0.05, 0) is 0 Å². The van der Waals surface area contributed by atoms with Gasteiger partial charge in [-0.3, -0.25) is 0 Å². The highest BCUT2D eigenvalue weighted by Crippen LogP contribution is 2.43. The number of sulfonamides is 2. The van der Waals surface area contributed by atoms with Gasteiger partial charge in [0.25, 0.3) is 10.0 Å². The summed E-state index contributed by atoms with van der Waals surface area (Å²) in [7, 11) is -14.1. The van der Waals surface area contributed by atoms with Crippen LogP contribution < -0.4 is 4.13 Å². The molecule has 0 saturated heterocycles. The second kappa shape index (κ2) is 4.80. The molecule has 15 heteroatoms. The van der Waals surface area contributed by atoms with Gasteiger partial charge in [0.05, 0.1) is 0 Å². The molecule has 0 unspecified atom stereocenters. The van der Waals surface area contributed by atoms with Crippen molar-refractivity contribution in [3.05, 3.63) is 12.4 Å². The summed E-state index contributed by atoms with van der Waals surface area (Å²) in [5.41, 5.74) is -6.38. The average molecular weight is 357 g/mol. The molecule has 0 spiro atoms. The standard InChI is InChI=1S/C5H3F8NO4S2/c1-2(6)3(7,8)4(9,10)19(15,16)14-20(17,18)5(11,12)13/h14H,1H2. The van der Waals surface area contributed by atoms with Crippen LogP contribution in [0.5, 0.6) is 0 Å². The molecule has 0 bridgehead atoms. The van der Waals surface area contributed by atoms with Gasteiger partial charge >= 0.3 is 26.7 Å². The Balaban J connectivity index is 5.88. The van der Waals surface area contributed by atoms with Crippen molar-refractivity contribution >= 4 is 20.0 Å². The summed E-state index contributed by atoms with van der Waals surface area (Å²) in [6.45, 7) is 1.69. The van der Waals surface area contributed by atoms with E-state index in [1.807, 2.05) is 0 Å². The zero-order valence-corrected chi connectivity index (χ0v) is 10.3. The lowest BCUT2D eigenvalue weighted by atomic mass is 10.3. The predicted molar refractivity (Wildman–Crippen MR) is 47.2 cm³/mol. The van der Waals surface area contributed by atoms with Crippen LogP contribution in [0.15, 0.2) is 12.4 Å². The van der Waals surface area contributed by atoms with Gasteiger partial charge in [0.1, 0.15) is 0 Å². The van der Waals surface area contributed by atoms with E-state index >= 15 is 0 Å². The number of allylic oxidation sites excluding steroid dienone is 1. The molecular weight excluding hydrogens is 354 g/mol. The van der Waals surface area contributed by atoms with Crippen molar-refractivity contribution in [3.8, 4) is 0 Å². The highest BCUT2D eigenvalue weighted by molar-refractivity contribution is 8.05. The van der Waals surface area contributed by atoms with Crippen LogP contribution in [0.3, 0.4) is 0 Å². The minimum absolute atomic E-state index is 0.645. The summed E-state index contributed by atoms with van der Waals surface area (Å²) in [4.78, 5) is 0. The third kappa shape index (κ3) is 3.03. The van der Waals surface area contributed by atoms with E-state index in [9.17, 15) is 52.0 Å². The molecule has 0 aromatic carbocycles. The maximum absolute atomic E-state index is 12.8. The van der Waals surface area contributed by atoms with E-state index in [1.54, 1.807) is 6.58 Å². The van der Waals surface area contributed by atoms with Crippen molar-refractivity contribution in [1.29, 1.82) is 0 Å². The quantitative estimate of drug-likeness (QED) is 0.756. The van der Waals surface area contributed by atoms with Crippen LogP contribution in [0.2, 0.25) is 0 Å². The normalized spacial score (nSPS) is 15.2. The lowest BCUT2D eigenvalue weighted by molar-refractivity contribution is -0.141. The Kier molecular flexibility index (Phi) is 4.57. The Morgan fingerprint density at radius 2 is 1.20 bits per heavy atom. The fourth-order valence-corrected chi connectivity index (χ4v) is 2.97. The molecule has 0 saturated carbocycles. The molecule has 0 aromatic rings. The summed E-state index contributed by atoms with van der Waals surface area (Å²) in [6.07, 6.45) is 0. The minimum Gasteiger partial charge on any atom is -0.205 e. The van der Waals surface area contributed by atoms with Gasteiger partial charge in [-0.15, -0.1) is 0 Å². The topological polar surface area (TPSA) is 80.3 Å². The first-order chi connectivity index (χ1) is 8.40. The summed E-state index contributed by atoms with van der Waals surface area (Å²) in [6, 6.07) is 0. The average Bonchev–Trinajstić information content (AvgIpc) is 2.12. The maximum Gasteiger partial charge on any atom is 0.512 e. The molecule has 0 aromatic heterocycles. The molecular formula is C5H3F8NO4S2. The van der Waals surface area contributed by atoms with Crippen molar-refractivity contribution in [2.45, 2.75) is 16.7 Å². The molecule has 1 N–H and O–H groups in total. The van der Waals surface area contributed by atoms with Crippen molar-refractivity contribution in [2.24, 2.45) is 0 Å². The Labute approximate surface area is 106 Å². The molecule has 0 atom stereocenters. The number of halogens is 8. The highest BCUT2D eigenvalue weighted by atomic mass is 32.3. The molecule has 0 radical (unpaired) electrons. The highest BCUT2D eigenvalue weighted by Gasteiger charge is 2.69. The second-order valence-corrected chi connectivity index (χ2v) is 6.69. The largest absolute Gasteiger partial charge is 0.512 e. The van der Waals surface area contributed by atoms with E-state index in [0.717, 1.165) is 0 Å². The number of rotatable bonds is 5. The summed E-state index contributed by atoms with van der Waals surface area (Å²) in [5, 5.41) is -6.54. The molecule has 20 heavy (non-hydrogen) atoms. The van der Waals surface area contributed by atoms with Crippen molar-refractivity contribution < 1.29 is 52.0 Å². The van der Waals surface area contributed by atoms with Crippen LogP contribution >= 0.6 is 0 Å². The number of hydrogen-bond donors (Lipinski definition) is 1. The van der Waals surface area contributed by atoms with Crippen molar-refractivity contribution in [2.75, 3.05) is 0 Å². The summed E-state index contributed by atoms with van der Waals surface area (Å²) < 4.78 is 139. The van der Waals surface area contributed by atoms with Crippen molar-refractivity contribution in [1.82, 2.24) is 4.13 Å². The molecule has 120 valence electrons. The maximum atomic E-state index is 12.8. The predicted octanol–water partition coefficient (Wildman–Crippen LogP) is 1.47. The monoisotopic (exact) mass is 357 g/mol.